The Morgan fingerprint density at radius 3 is 2.95 bits per heavy atom. The lowest BCUT2D eigenvalue weighted by Crippen LogP contribution is -2.48. The van der Waals surface area contributed by atoms with Crippen LogP contribution in [0.4, 0.5) is 5.69 Å². The third kappa shape index (κ3) is 4.68. The molecule has 0 radical (unpaired) electrons. The second-order valence-electron chi connectivity index (χ2n) is 5.61. The molecule has 1 heterocycles. The predicted molar refractivity (Wildman–Crippen MR) is 89.8 cm³/mol. The molecular formula is C16H25BrN2O2. The minimum absolute atomic E-state index is 0.0702. The molecule has 1 aliphatic rings. The van der Waals surface area contributed by atoms with Gasteiger partial charge in [-0.2, -0.15) is 0 Å². The summed E-state index contributed by atoms with van der Waals surface area (Å²) in [5, 5.41) is 12.9. The van der Waals surface area contributed by atoms with Crippen LogP contribution in [0.15, 0.2) is 22.7 Å². The van der Waals surface area contributed by atoms with Crippen molar-refractivity contribution >= 4 is 21.6 Å². The number of ether oxygens (including phenoxy) is 1. The summed E-state index contributed by atoms with van der Waals surface area (Å²) < 4.78 is 6.83. The van der Waals surface area contributed by atoms with E-state index in [9.17, 15) is 5.11 Å². The van der Waals surface area contributed by atoms with Crippen LogP contribution in [0.1, 0.15) is 25.8 Å². The topological polar surface area (TPSA) is 44.7 Å². The Morgan fingerprint density at radius 1 is 1.43 bits per heavy atom. The number of nitrogens with zero attached hydrogens (tertiary/aromatic N) is 1. The van der Waals surface area contributed by atoms with Crippen LogP contribution in [-0.2, 0) is 11.3 Å². The van der Waals surface area contributed by atoms with Crippen LogP contribution < -0.4 is 10.2 Å². The molecule has 0 aliphatic carbocycles. The second kappa shape index (κ2) is 8.13. The largest absolute Gasteiger partial charge is 0.394 e. The normalized spacial score (nSPS) is 22.6. The molecule has 5 heteroatoms. The maximum atomic E-state index is 9.39. The Bertz CT molecular complexity index is 456. The van der Waals surface area contributed by atoms with E-state index in [2.05, 4.69) is 58.2 Å². The zero-order chi connectivity index (χ0) is 15.2. The summed E-state index contributed by atoms with van der Waals surface area (Å²) in [6.45, 7) is 7.78. The SMILES string of the molecule is CCCNCc1cc(Br)ccc1N1CC(C)OC(CO)C1. The molecule has 4 nitrogen and oxygen atoms in total. The van der Waals surface area contributed by atoms with E-state index in [1.165, 1.54) is 11.3 Å². The minimum atomic E-state index is -0.103. The molecule has 0 amide bonds. The van der Waals surface area contributed by atoms with E-state index in [0.717, 1.165) is 37.1 Å². The van der Waals surface area contributed by atoms with E-state index in [1.54, 1.807) is 0 Å². The molecule has 0 aromatic heterocycles. The van der Waals surface area contributed by atoms with E-state index in [4.69, 9.17) is 4.74 Å². The molecule has 2 unspecified atom stereocenters. The van der Waals surface area contributed by atoms with Crippen molar-refractivity contribution in [2.75, 3.05) is 31.1 Å². The smallest absolute Gasteiger partial charge is 0.0984 e. The molecule has 0 spiro atoms. The van der Waals surface area contributed by atoms with Gasteiger partial charge in [-0.05, 0) is 43.7 Å². The first-order valence-electron chi connectivity index (χ1n) is 7.64. The number of halogens is 1. The van der Waals surface area contributed by atoms with Gasteiger partial charge in [-0.1, -0.05) is 22.9 Å². The maximum Gasteiger partial charge on any atom is 0.0984 e. The summed E-state index contributed by atoms with van der Waals surface area (Å²) in [4.78, 5) is 2.32. The van der Waals surface area contributed by atoms with Gasteiger partial charge in [0.05, 0.1) is 18.8 Å². The minimum Gasteiger partial charge on any atom is -0.394 e. The van der Waals surface area contributed by atoms with Crippen LogP contribution in [0.3, 0.4) is 0 Å². The quantitative estimate of drug-likeness (QED) is 0.768. The number of morpholine rings is 1. The number of benzene rings is 1. The molecule has 2 N–H and O–H groups in total. The van der Waals surface area contributed by atoms with Crippen molar-refractivity contribution in [1.29, 1.82) is 0 Å². The molecule has 0 bridgehead atoms. The Labute approximate surface area is 135 Å². The van der Waals surface area contributed by atoms with Crippen molar-refractivity contribution in [3.8, 4) is 0 Å². The van der Waals surface area contributed by atoms with Crippen LogP contribution in [0.2, 0.25) is 0 Å². The summed E-state index contributed by atoms with van der Waals surface area (Å²) in [6, 6.07) is 6.40. The highest BCUT2D eigenvalue weighted by Gasteiger charge is 2.26. The van der Waals surface area contributed by atoms with E-state index >= 15 is 0 Å². The van der Waals surface area contributed by atoms with Gasteiger partial charge in [0.25, 0.3) is 0 Å². The maximum absolute atomic E-state index is 9.39. The molecule has 1 saturated heterocycles. The Balaban J connectivity index is 2.16. The summed E-state index contributed by atoms with van der Waals surface area (Å²) in [6.07, 6.45) is 1.16. The Kier molecular flexibility index (Phi) is 6.48. The standard InChI is InChI=1S/C16H25BrN2O2/c1-3-6-18-8-13-7-14(17)4-5-16(13)19-9-12(2)21-15(10-19)11-20/h4-5,7,12,15,18,20H,3,6,8-11H2,1-2H3. The summed E-state index contributed by atoms with van der Waals surface area (Å²) in [5.74, 6) is 0. The number of hydrogen-bond donors (Lipinski definition) is 2. The van der Waals surface area contributed by atoms with Crippen molar-refractivity contribution in [3.05, 3.63) is 28.2 Å². The zero-order valence-electron chi connectivity index (χ0n) is 12.8. The number of aliphatic hydroxyl groups excluding tert-OH is 1. The fourth-order valence-electron chi connectivity index (χ4n) is 2.75. The summed E-state index contributed by atoms with van der Waals surface area (Å²) >= 11 is 3.56. The van der Waals surface area contributed by atoms with E-state index in [1.807, 2.05) is 0 Å². The van der Waals surface area contributed by atoms with Gasteiger partial charge in [-0.25, -0.2) is 0 Å². The van der Waals surface area contributed by atoms with Gasteiger partial charge in [0.15, 0.2) is 0 Å². The zero-order valence-corrected chi connectivity index (χ0v) is 14.4. The van der Waals surface area contributed by atoms with Gasteiger partial charge in [-0.3, -0.25) is 0 Å². The van der Waals surface area contributed by atoms with Crippen LogP contribution in [0.5, 0.6) is 0 Å². The summed E-state index contributed by atoms with van der Waals surface area (Å²) in [5.41, 5.74) is 2.51. The molecule has 1 fully saturated rings. The van der Waals surface area contributed by atoms with Crippen molar-refractivity contribution in [2.45, 2.75) is 39.0 Å². The van der Waals surface area contributed by atoms with Gasteiger partial charge >= 0.3 is 0 Å². The van der Waals surface area contributed by atoms with Crippen LogP contribution in [0, 0.1) is 0 Å². The van der Waals surface area contributed by atoms with Crippen molar-refractivity contribution in [2.24, 2.45) is 0 Å². The average Bonchev–Trinajstić information content (AvgIpc) is 2.47. The third-order valence-electron chi connectivity index (χ3n) is 3.65. The highest BCUT2D eigenvalue weighted by molar-refractivity contribution is 9.10. The molecule has 2 atom stereocenters. The molecule has 2 rings (SSSR count). The molecule has 1 aliphatic heterocycles. The van der Waals surface area contributed by atoms with Crippen molar-refractivity contribution in [3.63, 3.8) is 0 Å². The molecule has 1 aromatic carbocycles. The first-order valence-corrected chi connectivity index (χ1v) is 8.43. The lowest BCUT2D eigenvalue weighted by Gasteiger charge is -2.38. The van der Waals surface area contributed by atoms with Gasteiger partial charge < -0.3 is 20.1 Å². The summed E-state index contributed by atoms with van der Waals surface area (Å²) in [7, 11) is 0. The first-order chi connectivity index (χ1) is 10.1. The Morgan fingerprint density at radius 2 is 2.24 bits per heavy atom. The third-order valence-corrected chi connectivity index (χ3v) is 4.15. The lowest BCUT2D eigenvalue weighted by molar-refractivity contribution is -0.0421. The van der Waals surface area contributed by atoms with Crippen LogP contribution >= 0.6 is 15.9 Å². The van der Waals surface area contributed by atoms with Crippen LogP contribution in [0.25, 0.3) is 0 Å². The van der Waals surface area contributed by atoms with Gasteiger partial charge in [-0.15, -0.1) is 0 Å². The molecule has 21 heavy (non-hydrogen) atoms. The lowest BCUT2D eigenvalue weighted by atomic mass is 10.1. The Hall–Kier alpha value is -0.620. The molecule has 1 aromatic rings. The first kappa shape index (κ1) is 16.7. The fraction of sp³-hybridized carbons (Fsp3) is 0.625. The molecule has 0 saturated carbocycles. The average molecular weight is 357 g/mol. The van der Waals surface area contributed by atoms with E-state index in [0.29, 0.717) is 0 Å². The number of aliphatic hydroxyl groups is 1. The molecule has 118 valence electrons. The van der Waals surface area contributed by atoms with Crippen LogP contribution in [-0.4, -0.2) is 43.6 Å². The second-order valence-corrected chi connectivity index (χ2v) is 6.52. The van der Waals surface area contributed by atoms with E-state index < -0.39 is 0 Å². The molecular weight excluding hydrogens is 332 g/mol. The number of anilines is 1. The predicted octanol–water partition coefficient (Wildman–Crippen LogP) is 2.53. The highest BCUT2D eigenvalue weighted by atomic mass is 79.9. The monoisotopic (exact) mass is 356 g/mol. The number of nitrogens with one attached hydrogen (secondary N) is 1. The van der Waals surface area contributed by atoms with Gasteiger partial charge in [0, 0.05) is 29.8 Å². The number of hydrogen-bond acceptors (Lipinski definition) is 4. The number of rotatable bonds is 6. The fourth-order valence-corrected chi connectivity index (χ4v) is 3.16. The van der Waals surface area contributed by atoms with Crippen molar-refractivity contribution in [1.82, 2.24) is 5.32 Å². The van der Waals surface area contributed by atoms with Crippen molar-refractivity contribution < 1.29 is 9.84 Å². The highest BCUT2D eigenvalue weighted by Crippen LogP contribution is 2.27. The van der Waals surface area contributed by atoms with Gasteiger partial charge in [0.2, 0.25) is 0 Å². The van der Waals surface area contributed by atoms with Gasteiger partial charge in [0.1, 0.15) is 0 Å². The van der Waals surface area contributed by atoms with E-state index in [-0.39, 0.29) is 18.8 Å².